The lowest BCUT2D eigenvalue weighted by Crippen LogP contribution is -2.28. The van der Waals surface area contributed by atoms with E-state index in [9.17, 15) is 8.42 Å². The molecule has 0 saturated carbocycles. The first-order valence-corrected chi connectivity index (χ1v) is 8.56. The molecule has 1 N–H and O–H groups in total. The number of fused-ring (bicyclic) bond motifs is 1. The topological polar surface area (TPSA) is 80.1 Å². The number of hydrogen-bond acceptors (Lipinski definition) is 4. The Bertz CT molecular complexity index is 752. The van der Waals surface area contributed by atoms with Gasteiger partial charge in [-0.2, -0.15) is 12.7 Å². The van der Waals surface area contributed by atoms with Gasteiger partial charge in [-0.05, 0) is 24.1 Å². The van der Waals surface area contributed by atoms with Crippen molar-refractivity contribution in [1.82, 2.24) is 19.1 Å². The Labute approximate surface area is 130 Å². The zero-order chi connectivity index (χ0) is 15.7. The van der Waals surface area contributed by atoms with E-state index in [4.69, 9.17) is 0 Å². The molecule has 0 fully saturated rings. The Balaban J connectivity index is 1.73. The van der Waals surface area contributed by atoms with Gasteiger partial charge in [0.2, 0.25) is 0 Å². The monoisotopic (exact) mass is 321 g/mol. The largest absolute Gasteiger partial charge is 0.317 e. The van der Waals surface area contributed by atoms with Gasteiger partial charge in [0, 0.05) is 38.7 Å². The normalized spacial score (nSPS) is 18.2. The molecule has 0 aliphatic carbocycles. The number of nitrogens with one attached hydrogen (secondary N) is 1. The van der Waals surface area contributed by atoms with Crippen molar-refractivity contribution in [3.63, 3.8) is 0 Å². The summed E-state index contributed by atoms with van der Waals surface area (Å²) in [5.74, 6) is 1.44. The Morgan fingerprint density at radius 3 is 2.68 bits per heavy atom. The first-order valence-electron chi connectivity index (χ1n) is 7.12. The van der Waals surface area contributed by atoms with Crippen LogP contribution in [0, 0.1) is 0 Å². The molecule has 3 rings (SSSR count). The highest BCUT2D eigenvalue weighted by Gasteiger charge is 2.21. The number of hydrogen-bond donors (Lipinski definition) is 1. The van der Waals surface area contributed by atoms with E-state index in [2.05, 4.69) is 19.5 Å². The summed E-state index contributed by atoms with van der Waals surface area (Å²) in [6, 6.07) is 7.57. The van der Waals surface area contributed by atoms with Crippen molar-refractivity contribution in [2.45, 2.75) is 25.3 Å². The summed E-state index contributed by atoms with van der Waals surface area (Å²) in [4.78, 5) is 0. The van der Waals surface area contributed by atoms with Crippen LogP contribution in [0.3, 0.4) is 0 Å². The van der Waals surface area contributed by atoms with Gasteiger partial charge in [0.05, 0.1) is 0 Å². The third-order valence-electron chi connectivity index (χ3n) is 3.94. The van der Waals surface area contributed by atoms with Crippen molar-refractivity contribution in [3.05, 3.63) is 42.0 Å². The molecule has 0 bridgehead atoms. The molecule has 22 heavy (non-hydrogen) atoms. The summed E-state index contributed by atoms with van der Waals surface area (Å²) in [6.07, 6.45) is 3.71. The van der Waals surface area contributed by atoms with E-state index in [1.54, 1.807) is 18.5 Å². The Morgan fingerprint density at radius 1 is 1.27 bits per heavy atom. The Kier molecular flexibility index (Phi) is 3.88. The van der Waals surface area contributed by atoms with E-state index in [-0.39, 0.29) is 0 Å². The molecule has 1 atom stereocenters. The van der Waals surface area contributed by atoms with E-state index >= 15 is 0 Å². The number of nitrogens with zero attached hydrogens (tertiary/aromatic N) is 4. The molecule has 2 heterocycles. The summed E-state index contributed by atoms with van der Waals surface area (Å²) in [5.41, 5.74) is 1.77. The van der Waals surface area contributed by atoms with Gasteiger partial charge in [0.25, 0.3) is 0 Å². The lowest BCUT2D eigenvalue weighted by atomic mass is 9.91. The maximum Gasteiger partial charge on any atom is 0.301 e. The van der Waals surface area contributed by atoms with Crippen molar-refractivity contribution < 1.29 is 8.42 Å². The molecule has 0 amide bonds. The van der Waals surface area contributed by atoms with Gasteiger partial charge in [-0.25, -0.2) is 0 Å². The van der Waals surface area contributed by atoms with Gasteiger partial charge < -0.3 is 4.57 Å². The zero-order valence-electron chi connectivity index (χ0n) is 12.6. The molecule has 1 aromatic carbocycles. The lowest BCUT2D eigenvalue weighted by molar-refractivity contribution is 0.456. The smallest absolute Gasteiger partial charge is 0.301 e. The molecular formula is C14H19N5O2S. The highest BCUT2D eigenvalue weighted by molar-refractivity contribution is 7.90. The summed E-state index contributed by atoms with van der Waals surface area (Å²) >= 11 is 0. The van der Waals surface area contributed by atoms with E-state index < -0.39 is 10.2 Å². The van der Waals surface area contributed by atoms with Crippen LogP contribution in [0.5, 0.6) is 0 Å². The fraction of sp³-hybridized carbons (Fsp3) is 0.429. The molecule has 1 aliphatic rings. The van der Waals surface area contributed by atoms with Gasteiger partial charge >= 0.3 is 10.2 Å². The molecule has 2 aromatic rings. The highest BCUT2D eigenvalue weighted by atomic mass is 32.2. The van der Waals surface area contributed by atoms with Gasteiger partial charge in [-0.3, -0.25) is 4.72 Å². The summed E-state index contributed by atoms with van der Waals surface area (Å²) in [5, 5.41) is 8.02. The second-order valence-corrected chi connectivity index (χ2v) is 7.53. The van der Waals surface area contributed by atoms with E-state index in [0.717, 1.165) is 29.5 Å². The lowest BCUT2D eigenvalue weighted by Gasteiger charge is -2.23. The first kappa shape index (κ1) is 15.0. The minimum atomic E-state index is -3.46. The predicted molar refractivity (Wildman–Crippen MR) is 83.8 cm³/mol. The minimum absolute atomic E-state index is 0.406. The van der Waals surface area contributed by atoms with Crippen LogP contribution in [0.25, 0.3) is 0 Å². The predicted octanol–water partition coefficient (Wildman–Crippen LogP) is 1.23. The van der Waals surface area contributed by atoms with Gasteiger partial charge in [0.1, 0.15) is 12.2 Å². The number of benzene rings is 1. The molecular weight excluding hydrogens is 302 g/mol. The number of aromatic nitrogens is 3. The second-order valence-electron chi connectivity index (χ2n) is 5.65. The van der Waals surface area contributed by atoms with Crippen molar-refractivity contribution in [2.75, 3.05) is 18.8 Å². The van der Waals surface area contributed by atoms with Crippen LogP contribution in [0.15, 0.2) is 30.6 Å². The SMILES string of the molecule is CN(C)S(=O)(=O)Nc1ccc([C@H]2CCc3nncn3C2)cc1. The van der Waals surface area contributed by atoms with Crippen LogP contribution in [0.4, 0.5) is 5.69 Å². The molecule has 8 heteroatoms. The Morgan fingerprint density at radius 2 is 2.00 bits per heavy atom. The molecule has 0 saturated heterocycles. The van der Waals surface area contributed by atoms with Crippen LogP contribution in [-0.2, 0) is 23.2 Å². The molecule has 7 nitrogen and oxygen atoms in total. The second kappa shape index (κ2) is 5.69. The maximum atomic E-state index is 11.8. The number of aryl methyl sites for hydroxylation is 1. The quantitative estimate of drug-likeness (QED) is 0.918. The fourth-order valence-corrected chi connectivity index (χ4v) is 3.21. The van der Waals surface area contributed by atoms with Gasteiger partial charge in [-0.15, -0.1) is 10.2 Å². The average molecular weight is 321 g/mol. The molecule has 0 spiro atoms. The van der Waals surface area contributed by atoms with Crippen molar-refractivity contribution in [2.24, 2.45) is 0 Å². The van der Waals surface area contributed by atoms with Crippen LogP contribution in [0.2, 0.25) is 0 Å². The van der Waals surface area contributed by atoms with Crippen LogP contribution in [-0.4, -0.2) is 41.6 Å². The van der Waals surface area contributed by atoms with Crippen LogP contribution in [0.1, 0.15) is 23.7 Å². The summed E-state index contributed by atoms with van der Waals surface area (Å²) < 4.78 is 29.3. The van der Waals surface area contributed by atoms with Gasteiger partial charge in [-0.1, -0.05) is 12.1 Å². The summed E-state index contributed by atoms with van der Waals surface area (Å²) in [7, 11) is -0.468. The molecule has 0 unspecified atom stereocenters. The standard InChI is InChI=1S/C14H19N5O2S/c1-18(2)22(20,21)17-13-6-3-11(4-7-13)12-5-8-14-16-15-10-19(14)9-12/h3-4,6-7,10,12,17H,5,8-9H2,1-2H3/t12-/m0/s1. The summed E-state index contributed by atoms with van der Waals surface area (Å²) in [6.45, 7) is 0.866. The third kappa shape index (κ3) is 2.97. The molecule has 0 radical (unpaired) electrons. The van der Waals surface area contributed by atoms with E-state index in [1.807, 2.05) is 12.1 Å². The van der Waals surface area contributed by atoms with Crippen LogP contribution < -0.4 is 4.72 Å². The minimum Gasteiger partial charge on any atom is -0.317 e. The van der Waals surface area contributed by atoms with E-state index in [1.165, 1.54) is 19.7 Å². The Hall–Kier alpha value is -1.93. The van der Waals surface area contributed by atoms with Crippen molar-refractivity contribution in [3.8, 4) is 0 Å². The number of anilines is 1. The average Bonchev–Trinajstić information content (AvgIpc) is 2.95. The third-order valence-corrected chi connectivity index (χ3v) is 5.39. The highest BCUT2D eigenvalue weighted by Crippen LogP contribution is 2.28. The fourth-order valence-electron chi connectivity index (χ4n) is 2.59. The first-order chi connectivity index (χ1) is 10.5. The zero-order valence-corrected chi connectivity index (χ0v) is 13.4. The molecule has 1 aliphatic heterocycles. The number of rotatable bonds is 4. The van der Waals surface area contributed by atoms with Crippen molar-refractivity contribution in [1.29, 1.82) is 0 Å². The maximum absolute atomic E-state index is 11.8. The molecule has 1 aromatic heterocycles. The van der Waals surface area contributed by atoms with E-state index in [0.29, 0.717) is 11.6 Å². The molecule has 118 valence electrons. The van der Waals surface area contributed by atoms with Crippen molar-refractivity contribution >= 4 is 15.9 Å². The van der Waals surface area contributed by atoms with Gasteiger partial charge in [0.15, 0.2) is 0 Å². The van der Waals surface area contributed by atoms with Crippen LogP contribution >= 0.6 is 0 Å².